The lowest BCUT2D eigenvalue weighted by Gasteiger charge is -2.07. The van der Waals surface area contributed by atoms with Crippen molar-refractivity contribution in [2.75, 3.05) is 18.2 Å². The first kappa shape index (κ1) is 17.1. The molecule has 7 nitrogen and oxygen atoms in total. The molecule has 0 bridgehead atoms. The van der Waals surface area contributed by atoms with Crippen molar-refractivity contribution in [3.8, 4) is 5.75 Å². The summed E-state index contributed by atoms with van der Waals surface area (Å²) >= 11 is 0. The van der Waals surface area contributed by atoms with Crippen molar-refractivity contribution < 1.29 is 9.53 Å². The van der Waals surface area contributed by atoms with Gasteiger partial charge in [-0.15, -0.1) is 5.10 Å². The van der Waals surface area contributed by atoms with E-state index in [9.17, 15) is 4.79 Å². The van der Waals surface area contributed by atoms with Gasteiger partial charge in [-0.2, -0.15) is 0 Å². The first-order valence-electron chi connectivity index (χ1n) is 8.87. The number of rotatable bonds is 6. The standard InChI is InChI=1S/C20H21N5O2/c1-27-17-4-2-3-16(11-17)22-20(26)18-19(21)25(24-23-18)12-13-5-7-14(8-6-13)15-9-10-15/h2-8,11,15H,9-10,12,21H2,1H3,(H,22,26). The maximum atomic E-state index is 12.5. The third kappa shape index (κ3) is 3.76. The SMILES string of the molecule is COc1cccc(NC(=O)c2nnn(Cc3ccc(C4CC4)cc3)c2N)c1. The van der Waals surface area contributed by atoms with Gasteiger partial charge in [-0.1, -0.05) is 35.5 Å². The first-order chi connectivity index (χ1) is 13.1. The molecule has 1 amide bonds. The normalized spacial score (nSPS) is 13.4. The van der Waals surface area contributed by atoms with Gasteiger partial charge in [0.25, 0.3) is 5.91 Å². The van der Waals surface area contributed by atoms with Gasteiger partial charge in [0, 0.05) is 11.8 Å². The summed E-state index contributed by atoms with van der Waals surface area (Å²) in [5, 5.41) is 10.7. The van der Waals surface area contributed by atoms with Crippen LogP contribution in [-0.4, -0.2) is 28.0 Å². The highest BCUT2D eigenvalue weighted by molar-refractivity contribution is 6.05. The molecule has 1 saturated carbocycles. The Morgan fingerprint density at radius 3 is 2.74 bits per heavy atom. The molecule has 0 spiro atoms. The van der Waals surface area contributed by atoms with Crippen LogP contribution in [0.4, 0.5) is 11.5 Å². The summed E-state index contributed by atoms with van der Waals surface area (Å²) in [7, 11) is 1.57. The van der Waals surface area contributed by atoms with E-state index in [-0.39, 0.29) is 11.5 Å². The molecular weight excluding hydrogens is 342 g/mol. The minimum absolute atomic E-state index is 0.104. The second-order valence-electron chi connectivity index (χ2n) is 6.68. The Balaban J connectivity index is 1.46. The predicted molar refractivity (Wildman–Crippen MR) is 103 cm³/mol. The lowest BCUT2D eigenvalue weighted by atomic mass is 10.1. The monoisotopic (exact) mass is 363 g/mol. The van der Waals surface area contributed by atoms with Gasteiger partial charge in [-0.3, -0.25) is 4.79 Å². The van der Waals surface area contributed by atoms with E-state index in [1.54, 1.807) is 31.4 Å². The molecule has 1 aromatic heterocycles. The molecule has 1 aliphatic rings. The molecule has 138 valence electrons. The molecule has 27 heavy (non-hydrogen) atoms. The van der Waals surface area contributed by atoms with Gasteiger partial charge < -0.3 is 15.8 Å². The summed E-state index contributed by atoms with van der Waals surface area (Å²) in [6.07, 6.45) is 2.56. The number of aromatic nitrogens is 3. The Bertz CT molecular complexity index is 961. The van der Waals surface area contributed by atoms with E-state index in [0.29, 0.717) is 18.0 Å². The van der Waals surface area contributed by atoms with Crippen LogP contribution in [0.15, 0.2) is 48.5 Å². The van der Waals surface area contributed by atoms with Gasteiger partial charge in [-0.05, 0) is 42.0 Å². The van der Waals surface area contributed by atoms with Crippen molar-refractivity contribution in [1.29, 1.82) is 0 Å². The summed E-state index contributed by atoms with van der Waals surface area (Å²) in [4.78, 5) is 12.5. The highest BCUT2D eigenvalue weighted by Gasteiger charge is 2.23. The van der Waals surface area contributed by atoms with Gasteiger partial charge in [0.1, 0.15) is 5.75 Å². The number of nitrogen functional groups attached to an aromatic ring is 1. The average Bonchev–Trinajstić information content (AvgIpc) is 3.47. The van der Waals surface area contributed by atoms with Gasteiger partial charge in [0.05, 0.1) is 13.7 Å². The molecule has 0 atom stereocenters. The fraction of sp³-hybridized carbons (Fsp3) is 0.250. The van der Waals surface area contributed by atoms with Crippen LogP contribution >= 0.6 is 0 Å². The summed E-state index contributed by atoms with van der Waals surface area (Å²) < 4.78 is 6.69. The Hall–Kier alpha value is -3.35. The molecule has 0 aliphatic heterocycles. The number of hydrogen-bond donors (Lipinski definition) is 2. The number of amides is 1. The average molecular weight is 363 g/mol. The van der Waals surface area contributed by atoms with Crippen LogP contribution in [0.25, 0.3) is 0 Å². The van der Waals surface area contributed by atoms with Crippen LogP contribution in [0.2, 0.25) is 0 Å². The van der Waals surface area contributed by atoms with Crippen LogP contribution in [0.1, 0.15) is 40.4 Å². The highest BCUT2D eigenvalue weighted by Crippen LogP contribution is 2.39. The Morgan fingerprint density at radius 2 is 2.04 bits per heavy atom. The number of carbonyl (C=O) groups is 1. The van der Waals surface area contributed by atoms with Crippen molar-refractivity contribution in [1.82, 2.24) is 15.0 Å². The summed E-state index contributed by atoms with van der Waals surface area (Å²) in [6.45, 7) is 0.468. The zero-order valence-corrected chi connectivity index (χ0v) is 15.1. The van der Waals surface area contributed by atoms with E-state index in [1.165, 1.54) is 23.1 Å². The number of nitrogens with two attached hydrogens (primary N) is 1. The molecule has 3 aromatic rings. The van der Waals surface area contributed by atoms with Crippen molar-refractivity contribution >= 4 is 17.4 Å². The van der Waals surface area contributed by atoms with Crippen LogP contribution in [-0.2, 0) is 6.54 Å². The van der Waals surface area contributed by atoms with E-state index < -0.39 is 5.91 Å². The molecule has 1 aliphatic carbocycles. The first-order valence-corrected chi connectivity index (χ1v) is 8.87. The second kappa shape index (κ2) is 7.11. The Kier molecular flexibility index (Phi) is 4.50. The lowest BCUT2D eigenvalue weighted by Crippen LogP contribution is -2.15. The van der Waals surface area contributed by atoms with Gasteiger partial charge in [-0.25, -0.2) is 4.68 Å². The minimum atomic E-state index is -0.406. The molecule has 0 saturated heterocycles. The Morgan fingerprint density at radius 1 is 1.26 bits per heavy atom. The van der Waals surface area contributed by atoms with Crippen LogP contribution in [0, 0.1) is 0 Å². The molecule has 1 heterocycles. The molecule has 7 heteroatoms. The number of carbonyl (C=O) groups excluding carboxylic acids is 1. The molecule has 0 radical (unpaired) electrons. The fourth-order valence-corrected chi connectivity index (χ4v) is 2.97. The van der Waals surface area contributed by atoms with Crippen LogP contribution in [0.5, 0.6) is 5.75 Å². The van der Waals surface area contributed by atoms with E-state index in [0.717, 1.165) is 11.5 Å². The van der Waals surface area contributed by atoms with Crippen LogP contribution in [0.3, 0.4) is 0 Å². The number of nitrogens with zero attached hydrogens (tertiary/aromatic N) is 3. The van der Waals surface area contributed by atoms with E-state index in [2.05, 4.69) is 39.9 Å². The summed E-state index contributed by atoms with van der Waals surface area (Å²) in [6, 6.07) is 15.5. The van der Waals surface area contributed by atoms with Crippen molar-refractivity contribution in [2.24, 2.45) is 0 Å². The lowest BCUT2D eigenvalue weighted by molar-refractivity contribution is 0.102. The predicted octanol–water partition coefficient (Wildman–Crippen LogP) is 3.05. The zero-order chi connectivity index (χ0) is 18.8. The molecule has 0 unspecified atom stereocenters. The number of nitrogens with one attached hydrogen (secondary N) is 1. The third-order valence-electron chi connectivity index (χ3n) is 4.68. The number of hydrogen-bond acceptors (Lipinski definition) is 5. The van der Waals surface area contributed by atoms with Gasteiger partial charge in [0.15, 0.2) is 11.5 Å². The second-order valence-corrected chi connectivity index (χ2v) is 6.68. The molecule has 1 fully saturated rings. The minimum Gasteiger partial charge on any atom is -0.497 e. The van der Waals surface area contributed by atoms with Gasteiger partial charge in [0.2, 0.25) is 0 Å². The highest BCUT2D eigenvalue weighted by atomic mass is 16.5. The maximum Gasteiger partial charge on any atom is 0.280 e. The van der Waals surface area contributed by atoms with Crippen molar-refractivity contribution in [3.05, 3.63) is 65.4 Å². The zero-order valence-electron chi connectivity index (χ0n) is 15.1. The topological polar surface area (TPSA) is 95.1 Å². The van der Waals surface area contributed by atoms with E-state index >= 15 is 0 Å². The number of anilines is 2. The Labute approximate surface area is 157 Å². The summed E-state index contributed by atoms with van der Waals surface area (Å²) in [5.41, 5.74) is 9.25. The van der Waals surface area contributed by atoms with Crippen molar-refractivity contribution in [3.63, 3.8) is 0 Å². The fourth-order valence-electron chi connectivity index (χ4n) is 2.97. The van der Waals surface area contributed by atoms with Crippen molar-refractivity contribution in [2.45, 2.75) is 25.3 Å². The molecule has 3 N–H and O–H groups in total. The maximum absolute atomic E-state index is 12.5. The van der Waals surface area contributed by atoms with E-state index in [1.807, 2.05) is 0 Å². The smallest absolute Gasteiger partial charge is 0.280 e. The largest absolute Gasteiger partial charge is 0.497 e. The third-order valence-corrected chi connectivity index (χ3v) is 4.68. The van der Waals surface area contributed by atoms with E-state index in [4.69, 9.17) is 10.5 Å². The summed E-state index contributed by atoms with van der Waals surface area (Å²) in [5.74, 6) is 1.21. The molecule has 2 aromatic carbocycles. The van der Waals surface area contributed by atoms with Gasteiger partial charge >= 0.3 is 0 Å². The number of ether oxygens (including phenoxy) is 1. The molecule has 4 rings (SSSR count). The number of methoxy groups -OCH3 is 1. The van der Waals surface area contributed by atoms with Crippen LogP contribution < -0.4 is 15.8 Å². The quantitative estimate of drug-likeness (QED) is 0.702. The number of benzene rings is 2. The molecular formula is C20H21N5O2.